The number of likely N-dealkylation sites (N-methyl/N-ethyl adjacent to an activating group) is 1. The number of nitrogens with zero attached hydrogens (tertiary/aromatic N) is 1. The first-order valence-electron chi connectivity index (χ1n) is 12.6. The van der Waals surface area contributed by atoms with Gasteiger partial charge in [0.05, 0.1) is 12.7 Å². The van der Waals surface area contributed by atoms with E-state index in [1.807, 2.05) is 36.2 Å². The Balaban J connectivity index is 1.62. The lowest BCUT2D eigenvalue weighted by Gasteiger charge is -2.38. The van der Waals surface area contributed by atoms with Gasteiger partial charge in [0.25, 0.3) is 0 Å². The number of piperidine rings is 1. The third kappa shape index (κ3) is 9.14. The lowest BCUT2D eigenvalue weighted by atomic mass is 9.88. The summed E-state index contributed by atoms with van der Waals surface area (Å²) in [4.78, 5) is 25.9. The number of urea groups is 1. The zero-order valence-corrected chi connectivity index (χ0v) is 21.3. The van der Waals surface area contributed by atoms with E-state index in [-0.39, 0.29) is 37.2 Å². The molecule has 0 spiro atoms. The number of ether oxygens (including phenoxy) is 2. The zero-order valence-electron chi connectivity index (χ0n) is 20.5. The molecule has 2 aliphatic rings. The van der Waals surface area contributed by atoms with Crippen LogP contribution in [0.15, 0.2) is 24.3 Å². The number of amides is 3. The van der Waals surface area contributed by atoms with Crippen molar-refractivity contribution in [2.75, 3.05) is 53.0 Å². The van der Waals surface area contributed by atoms with Crippen molar-refractivity contribution < 1.29 is 24.2 Å². The summed E-state index contributed by atoms with van der Waals surface area (Å²) < 4.78 is 11.8. The molecular formula is C25H39ClN4O5. The van der Waals surface area contributed by atoms with Crippen LogP contribution in [0.5, 0.6) is 0 Å². The third-order valence-corrected chi connectivity index (χ3v) is 6.91. The van der Waals surface area contributed by atoms with Crippen LogP contribution in [-0.2, 0) is 9.47 Å². The second kappa shape index (κ2) is 14.5. The van der Waals surface area contributed by atoms with Crippen molar-refractivity contribution in [3.05, 3.63) is 34.9 Å². The monoisotopic (exact) mass is 510 g/mol. The van der Waals surface area contributed by atoms with Gasteiger partial charge in [-0.1, -0.05) is 23.7 Å². The quantitative estimate of drug-likeness (QED) is 0.339. The highest BCUT2D eigenvalue weighted by Crippen LogP contribution is 2.34. The minimum Gasteiger partial charge on any atom is -0.465 e. The summed E-state index contributed by atoms with van der Waals surface area (Å²) in [5.74, 6) is 0.545. The highest BCUT2D eigenvalue weighted by Gasteiger charge is 2.32. The maximum Gasteiger partial charge on any atom is 0.404 e. The summed E-state index contributed by atoms with van der Waals surface area (Å²) in [5, 5.41) is 18.2. The van der Waals surface area contributed by atoms with Gasteiger partial charge in [-0.25, -0.2) is 9.59 Å². The molecule has 0 aromatic heterocycles. The van der Waals surface area contributed by atoms with E-state index in [0.29, 0.717) is 30.6 Å². The van der Waals surface area contributed by atoms with Crippen LogP contribution in [0.1, 0.15) is 43.8 Å². The molecule has 0 unspecified atom stereocenters. The number of halogens is 1. The predicted octanol–water partition coefficient (Wildman–Crippen LogP) is 3.49. The van der Waals surface area contributed by atoms with Gasteiger partial charge in [-0.2, -0.15) is 0 Å². The van der Waals surface area contributed by atoms with Crippen molar-refractivity contribution >= 4 is 23.7 Å². The summed E-state index contributed by atoms with van der Waals surface area (Å²) >= 11 is 6.24. The van der Waals surface area contributed by atoms with Crippen LogP contribution in [0.4, 0.5) is 9.59 Å². The van der Waals surface area contributed by atoms with E-state index in [2.05, 4.69) is 16.0 Å². The van der Waals surface area contributed by atoms with Gasteiger partial charge in [-0.15, -0.1) is 0 Å². The van der Waals surface area contributed by atoms with E-state index in [9.17, 15) is 9.59 Å². The second-order valence-corrected chi connectivity index (χ2v) is 9.89. The van der Waals surface area contributed by atoms with Gasteiger partial charge in [0.15, 0.2) is 0 Å². The van der Waals surface area contributed by atoms with Gasteiger partial charge in [0, 0.05) is 56.4 Å². The summed E-state index contributed by atoms with van der Waals surface area (Å²) in [5.41, 5.74) is 0.936. The molecule has 4 atom stereocenters. The Morgan fingerprint density at radius 3 is 2.89 bits per heavy atom. The number of carbonyl (C=O) groups is 2. The molecule has 0 radical (unpaired) electrons. The second-order valence-electron chi connectivity index (χ2n) is 9.45. The molecule has 35 heavy (non-hydrogen) atoms. The Kier molecular flexibility index (Phi) is 11.4. The van der Waals surface area contributed by atoms with Gasteiger partial charge >= 0.3 is 12.1 Å². The van der Waals surface area contributed by atoms with E-state index in [4.69, 9.17) is 26.2 Å². The molecule has 3 rings (SSSR count). The lowest BCUT2D eigenvalue weighted by Crippen LogP contribution is -2.52. The first-order chi connectivity index (χ1) is 17.0. The van der Waals surface area contributed by atoms with Crippen LogP contribution < -0.4 is 16.0 Å². The number of carboxylic acid groups (broad SMARTS) is 1. The maximum absolute atomic E-state index is 13.2. The number of nitrogens with one attached hydrogen (secondary N) is 3. The van der Waals surface area contributed by atoms with Gasteiger partial charge in [0.1, 0.15) is 0 Å². The number of carbonyl (C=O) groups excluding carboxylic acids is 1. The van der Waals surface area contributed by atoms with Crippen LogP contribution in [0.2, 0.25) is 5.02 Å². The molecule has 2 aliphatic heterocycles. The maximum atomic E-state index is 13.2. The molecule has 2 fully saturated rings. The topological polar surface area (TPSA) is 112 Å². The predicted molar refractivity (Wildman–Crippen MR) is 135 cm³/mol. The molecule has 2 heterocycles. The molecule has 1 aromatic rings. The molecule has 10 heteroatoms. The highest BCUT2D eigenvalue weighted by atomic mass is 35.5. The third-order valence-electron chi connectivity index (χ3n) is 6.68. The molecule has 196 valence electrons. The van der Waals surface area contributed by atoms with Gasteiger partial charge in [-0.05, 0) is 62.8 Å². The fourth-order valence-corrected chi connectivity index (χ4v) is 5.27. The molecule has 0 bridgehead atoms. The smallest absolute Gasteiger partial charge is 0.404 e. The molecule has 4 N–H and O–H groups in total. The van der Waals surface area contributed by atoms with E-state index in [0.717, 1.165) is 50.9 Å². The van der Waals surface area contributed by atoms with Crippen molar-refractivity contribution in [1.82, 2.24) is 20.9 Å². The van der Waals surface area contributed by atoms with Gasteiger partial charge in [-0.3, -0.25) is 0 Å². The fraction of sp³-hybridized carbons (Fsp3) is 0.680. The minimum absolute atomic E-state index is 0.0432. The molecule has 9 nitrogen and oxygen atoms in total. The molecule has 1 aromatic carbocycles. The van der Waals surface area contributed by atoms with Crippen LogP contribution >= 0.6 is 11.6 Å². The standard InChI is InChI=1S/C25H39ClN4O5/c1-27-15-22(13-18-5-4-11-34-17-18)29-24(31)30-10-3-7-20(16-30)23(35-12-9-28-25(32)33)19-6-2-8-21(26)14-19/h2,6,8,14,18,20,22-23,27-28H,3-5,7,9-13,15-17H2,1H3,(H,29,31)(H,32,33)/t18-,20-,22+,23+/m1/s1. The Bertz CT molecular complexity index is 808. The number of rotatable bonds is 11. The molecule has 0 aliphatic carbocycles. The molecular weight excluding hydrogens is 472 g/mol. The summed E-state index contributed by atoms with van der Waals surface area (Å²) in [6.45, 7) is 4.00. The molecule has 0 saturated carbocycles. The van der Waals surface area contributed by atoms with Crippen molar-refractivity contribution in [1.29, 1.82) is 0 Å². The minimum atomic E-state index is -1.08. The van der Waals surface area contributed by atoms with Crippen LogP contribution in [-0.4, -0.2) is 81.2 Å². The zero-order chi connectivity index (χ0) is 25.0. The van der Waals surface area contributed by atoms with Crippen LogP contribution in [0.3, 0.4) is 0 Å². The SMILES string of the molecule is CNC[C@H](C[C@H]1CCCOC1)NC(=O)N1CCC[C@@H]([C@@H](OCCNC(=O)O)c2cccc(Cl)c2)C1. The number of hydrogen-bond acceptors (Lipinski definition) is 5. The van der Waals surface area contributed by atoms with E-state index in [1.54, 1.807) is 0 Å². The molecule has 3 amide bonds. The number of benzene rings is 1. The Morgan fingerprint density at radius 2 is 2.17 bits per heavy atom. The summed E-state index contributed by atoms with van der Waals surface area (Å²) in [7, 11) is 1.90. The highest BCUT2D eigenvalue weighted by molar-refractivity contribution is 6.30. The first-order valence-corrected chi connectivity index (χ1v) is 13.0. The largest absolute Gasteiger partial charge is 0.465 e. The van der Waals surface area contributed by atoms with Crippen molar-refractivity contribution in [2.24, 2.45) is 11.8 Å². The van der Waals surface area contributed by atoms with Crippen molar-refractivity contribution in [3.63, 3.8) is 0 Å². The lowest BCUT2D eigenvalue weighted by molar-refractivity contribution is -0.00859. The van der Waals surface area contributed by atoms with Crippen molar-refractivity contribution in [2.45, 2.75) is 44.2 Å². The van der Waals surface area contributed by atoms with Crippen LogP contribution in [0, 0.1) is 11.8 Å². The van der Waals surface area contributed by atoms with E-state index < -0.39 is 6.09 Å². The van der Waals surface area contributed by atoms with Crippen molar-refractivity contribution in [3.8, 4) is 0 Å². The summed E-state index contributed by atoms with van der Waals surface area (Å²) in [6, 6.07) is 7.54. The summed E-state index contributed by atoms with van der Waals surface area (Å²) in [6.07, 6.45) is 3.53. The van der Waals surface area contributed by atoms with E-state index in [1.165, 1.54) is 0 Å². The Labute approximate surface area is 212 Å². The first kappa shape index (κ1) is 27.5. The number of hydrogen-bond donors (Lipinski definition) is 4. The van der Waals surface area contributed by atoms with Crippen LogP contribution in [0.25, 0.3) is 0 Å². The number of likely N-dealkylation sites (tertiary alicyclic amines) is 1. The normalized spacial score (nSPS) is 22.3. The Hall–Kier alpha value is -2.07. The Morgan fingerprint density at radius 1 is 1.31 bits per heavy atom. The average Bonchev–Trinajstić information content (AvgIpc) is 2.84. The van der Waals surface area contributed by atoms with Gasteiger partial charge < -0.3 is 35.4 Å². The van der Waals surface area contributed by atoms with Gasteiger partial charge in [0.2, 0.25) is 0 Å². The van der Waals surface area contributed by atoms with E-state index >= 15 is 0 Å². The molecule has 2 saturated heterocycles. The fourth-order valence-electron chi connectivity index (χ4n) is 5.07. The average molecular weight is 511 g/mol.